The van der Waals surface area contributed by atoms with Gasteiger partial charge in [0.2, 0.25) is 16.9 Å². The molecule has 0 saturated carbocycles. The zero-order valence-electron chi connectivity index (χ0n) is 12.5. The Balaban J connectivity index is 2.25. The fourth-order valence-electron chi connectivity index (χ4n) is 2.01. The van der Waals surface area contributed by atoms with Crippen LogP contribution >= 0.6 is 0 Å². The predicted molar refractivity (Wildman–Crippen MR) is 81.4 cm³/mol. The van der Waals surface area contributed by atoms with Gasteiger partial charge in [-0.25, -0.2) is 4.79 Å². The smallest absolute Gasteiger partial charge is 0.371 e. The average Bonchev–Trinajstić information content (AvgIpc) is 2.54. The van der Waals surface area contributed by atoms with E-state index in [0.29, 0.717) is 18.4 Å². The number of aryl methyl sites for hydroxylation is 1. The Kier molecular flexibility index (Phi) is 5.15. The number of ether oxygens (including phenoxy) is 1. The molecule has 6 heteroatoms. The summed E-state index contributed by atoms with van der Waals surface area (Å²) in [5.41, 5.74) is 0.796. The van der Waals surface area contributed by atoms with Gasteiger partial charge in [-0.3, -0.25) is 4.79 Å². The highest BCUT2D eigenvalue weighted by molar-refractivity contribution is 5.84. The Bertz CT molecular complexity index is 799. The summed E-state index contributed by atoms with van der Waals surface area (Å²) >= 11 is 0. The Morgan fingerprint density at radius 1 is 1.35 bits per heavy atom. The van der Waals surface area contributed by atoms with Gasteiger partial charge in [0.15, 0.2) is 5.76 Å². The van der Waals surface area contributed by atoms with Gasteiger partial charge >= 0.3 is 5.97 Å². The van der Waals surface area contributed by atoms with E-state index in [4.69, 9.17) is 19.5 Å². The maximum Gasteiger partial charge on any atom is 0.371 e. The second kappa shape index (κ2) is 7.27. The highest BCUT2D eigenvalue weighted by Gasteiger charge is 2.17. The maximum absolute atomic E-state index is 12.1. The van der Waals surface area contributed by atoms with Gasteiger partial charge in [-0.2, -0.15) is 5.26 Å². The van der Waals surface area contributed by atoms with Crippen molar-refractivity contribution < 1.29 is 19.1 Å². The molecule has 0 aliphatic carbocycles. The molecule has 2 rings (SSSR count). The van der Waals surface area contributed by atoms with Crippen molar-refractivity contribution in [1.29, 1.82) is 5.26 Å². The SMILES string of the molecule is CCCc1oc(C(=O)O)cc(=O)c1OCc1ccc(C#N)cc1. The van der Waals surface area contributed by atoms with Crippen LogP contribution in [-0.2, 0) is 13.0 Å². The van der Waals surface area contributed by atoms with Gasteiger partial charge in [0.25, 0.3) is 0 Å². The third kappa shape index (κ3) is 3.98. The standard InChI is InChI=1S/C17H15NO5/c1-2-3-14-16(13(19)8-15(23-14)17(20)21)22-10-12-6-4-11(9-18)5-7-12/h4-8H,2-3,10H2,1H3,(H,20,21). The van der Waals surface area contributed by atoms with Gasteiger partial charge < -0.3 is 14.3 Å². The first-order valence-corrected chi connectivity index (χ1v) is 7.07. The van der Waals surface area contributed by atoms with Crippen molar-refractivity contribution in [2.24, 2.45) is 0 Å². The zero-order valence-corrected chi connectivity index (χ0v) is 12.5. The molecule has 0 spiro atoms. The number of rotatable bonds is 6. The van der Waals surface area contributed by atoms with Crippen molar-refractivity contribution in [1.82, 2.24) is 0 Å². The second-order valence-electron chi connectivity index (χ2n) is 4.88. The van der Waals surface area contributed by atoms with E-state index in [-0.39, 0.29) is 18.1 Å². The molecule has 23 heavy (non-hydrogen) atoms. The minimum absolute atomic E-state index is 0.0289. The van der Waals surface area contributed by atoms with Crippen molar-refractivity contribution >= 4 is 5.97 Å². The molecule has 0 aliphatic heterocycles. The highest BCUT2D eigenvalue weighted by Crippen LogP contribution is 2.19. The number of nitriles is 1. The van der Waals surface area contributed by atoms with Gasteiger partial charge in [0, 0.05) is 12.5 Å². The Morgan fingerprint density at radius 3 is 2.61 bits per heavy atom. The lowest BCUT2D eigenvalue weighted by Crippen LogP contribution is -2.13. The number of carboxylic acids is 1. The molecule has 6 nitrogen and oxygen atoms in total. The van der Waals surface area contributed by atoms with Crippen molar-refractivity contribution in [2.45, 2.75) is 26.4 Å². The van der Waals surface area contributed by atoms with Crippen molar-refractivity contribution in [3.8, 4) is 11.8 Å². The van der Waals surface area contributed by atoms with Crippen molar-refractivity contribution in [2.75, 3.05) is 0 Å². The lowest BCUT2D eigenvalue weighted by Gasteiger charge is -2.10. The summed E-state index contributed by atoms with van der Waals surface area (Å²) in [7, 11) is 0. The molecule has 1 aromatic heterocycles. The van der Waals surface area contributed by atoms with E-state index in [9.17, 15) is 9.59 Å². The van der Waals surface area contributed by atoms with Crippen LogP contribution in [0, 0.1) is 11.3 Å². The van der Waals surface area contributed by atoms with Gasteiger partial charge in [0.05, 0.1) is 11.6 Å². The Morgan fingerprint density at radius 2 is 2.04 bits per heavy atom. The molecular weight excluding hydrogens is 298 g/mol. The van der Waals surface area contributed by atoms with Crippen LogP contribution in [0.5, 0.6) is 5.75 Å². The van der Waals surface area contributed by atoms with E-state index in [1.165, 1.54) is 0 Å². The summed E-state index contributed by atoms with van der Waals surface area (Å²) < 4.78 is 10.8. The largest absolute Gasteiger partial charge is 0.482 e. The Labute approximate surface area is 132 Å². The predicted octanol–water partition coefficient (Wildman–Crippen LogP) is 2.74. The quantitative estimate of drug-likeness (QED) is 0.880. The number of carbonyl (C=O) groups is 1. The first-order chi connectivity index (χ1) is 11.0. The number of benzene rings is 1. The number of hydrogen-bond acceptors (Lipinski definition) is 5. The number of aromatic carboxylic acids is 1. The van der Waals surface area contributed by atoms with Crippen LogP contribution in [0.15, 0.2) is 39.5 Å². The van der Waals surface area contributed by atoms with Crippen molar-refractivity contribution in [3.63, 3.8) is 0 Å². The molecule has 1 aromatic carbocycles. The first-order valence-electron chi connectivity index (χ1n) is 7.07. The van der Waals surface area contributed by atoms with Crippen LogP contribution in [0.1, 0.15) is 40.8 Å². The number of hydrogen-bond donors (Lipinski definition) is 1. The first kappa shape index (κ1) is 16.3. The topological polar surface area (TPSA) is 101 Å². The van der Waals surface area contributed by atoms with Gasteiger partial charge in [-0.1, -0.05) is 19.1 Å². The molecular formula is C17H15NO5. The minimum atomic E-state index is -1.29. The maximum atomic E-state index is 12.1. The molecule has 0 radical (unpaired) electrons. The molecule has 0 unspecified atom stereocenters. The second-order valence-corrected chi connectivity index (χ2v) is 4.88. The van der Waals surface area contributed by atoms with Crippen LogP contribution in [0.2, 0.25) is 0 Å². The van der Waals surface area contributed by atoms with Crippen molar-refractivity contribution in [3.05, 3.63) is 63.2 Å². The lowest BCUT2D eigenvalue weighted by molar-refractivity contribution is 0.0655. The third-order valence-corrected chi connectivity index (χ3v) is 3.13. The molecule has 118 valence electrons. The fraction of sp³-hybridized carbons (Fsp3) is 0.235. The number of carboxylic acid groups (broad SMARTS) is 1. The van der Waals surface area contributed by atoms with E-state index in [2.05, 4.69) is 0 Å². The average molecular weight is 313 g/mol. The van der Waals surface area contributed by atoms with Crippen LogP contribution in [-0.4, -0.2) is 11.1 Å². The molecule has 0 saturated heterocycles. The van der Waals surface area contributed by atoms with Crippen LogP contribution in [0.3, 0.4) is 0 Å². The van der Waals surface area contributed by atoms with E-state index in [1.54, 1.807) is 24.3 Å². The summed E-state index contributed by atoms with van der Waals surface area (Å²) in [5.74, 6) is -1.44. The van der Waals surface area contributed by atoms with Crippen LogP contribution in [0.25, 0.3) is 0 Å². The molecule has 2 aromatic rings. The van der Waals surface area contributed by atoms with E-state index >= 15 is 0 Å². The fourth-order valence-corrected chi connectivity index (χ4v) is 2.01. The van der Waals surface area contributed by atoms with Crippen LogP contribution < -0.4 is 10.2 Å². The highest BCUT2D eigenvalue weighted by atomic mass is 16.5. The van der Waals surface area contributed by atoms with Crippen LogP contribution in [0.4, 0.5) is 0 Å². The molecule has 0 atom stereocenters. The normalized spacial score (nSPS) is 10.1. The van der Waals surface area contributed by atoms with Gasteiger partial charge in [0.1, 0.15) is 6.61 Å². The minimum Gasteiger partial charge on any atom is -0.482 e. The van der Waals surface area contributed by atoms with E-state index < -0.39 is 17.2 Å². The Hall–Kier alpha value is -3.07. The van der Waals surface area contributed by atoms with E-state index in [1.807, 2.05) is 13.0 Å². The monoisotopic (exact) mass is 313 g/mol. The van der Waals surface area contributed by atoms with Gasteiger partial charge in [-0.05, 0) is 24.1 Å². The summed E-state index contributed by atoms with van der Waals surface area (Å²) in [5, 5.41) is 17.7. The summed E-state index contributed by atoms with van der Waals surface area (Å²) in [6.45, 7) is 2.01. The molecule has 0 amide bonds. The molecule has 0 aliphatic rings. The lowest BCUT2D eigenvalue weighted by atomic mass is 10.1. The molecule has 1 N–H and O–H groups in total. The third-order valence-electron chi connectivity index (χ3n) is 3.13. The van der Waals surface area contributed by atoms with Gasteiger partial charge in [-0.15, -0.1) is 0 Å². The van der Waals surface area contributed by atoms with E-state index in [0.717, 1.165) is 11.6 Å². The zero-order chi connectivity index (χ0) is 16.8. The number of nitrogens with zero attached hydrogens (tertiary/aromatic N) is 1. The summed E-state index contributed by atoms with van der Waals surface area (Å²) in [4.78, 5) is 23.0. The summed E-state index contributed by atoms with van der Waals surface area (Å²) in [6, 6.07) is 9.69. The molecule has 0 fully saturated rings. The molecule has 1 heterocycles. The summed E-state index contributed by atoms with van der Waals surface area (Å²) in [6.07, 6.45) is 1.08. The molecule has 0 bridgehead atoms.